The number of halogens is 1. The van der Waals surface area contributed by atoms with E-state index in [4.69, 9.17) is 4.74 Å². The fraction of sp³-hybridized carbons (Fsp3) is 0.480. The van der Waals surface area contributed by atoms with Crippen LogP contribution < -0.4 is 4.74 Å². The number of rotatable bonds is 8. The quantitative estimate of drug-likeness (QED) is 0.557. The molecule has 3 aromatic rings. The zero-order valence-electron chi connectivity index (χ0n) is 18.6. The van der Waals surface area contributed by atoms with Gasteiger partial charge in [-0.1, -0.05) is 32.0 Å². The van der Waals surface area contributed by atoms with Crippen LogP contribution in [0.4, 0.5) is 4.39 Å². The molecule has 31 heavy (non-hydrogen) atoms. The van der Waals surface area contributed by atoms with Crippen molar-refractivity contribution < 1.29 is 14.2 Å². The third-order valence-corrected chi connectivity index (χ3v) is 6.35. The van der Waals surface area contributed by atoms with Crippen LogP contribution in [-0.4, -0.2) is 52.3 Å². The van der Waals surface area contributed by atoms with Crippen LogP contribution in [0.25, 0.3) is 11.0 Å². The first-order valence-electron chi connectivity index (χ1n) is 11.1. The van der Waals surface area contributed by atoms with E-state index >= 15 is 0 Å². The summed E-state index contributed by atoms with van der Waals surface area (Å²) in [6.45, 7) is 6.08. The highest BCUT2D eigenvalue weighted by Gasteiger charge is 2.44. The van der Waals surface area contributed by atoms with Crippen molar-refractivity contribution in [2.24, 2.45) is 5.92 Å². The number of nitrogens with zero attached hydrogens (tertiary/aromatic N) is 2. The average Bonchev–Trinajstić information content (AvgIpc) is 3.15. The van der Waals surface area contributed by atoms with E-state index in [1.54, 1.807) is 6.07 Å². The summed E-state index contributed by atoms with van der Waals surface area (Å²) >= 11 is 0. The molecule has 0 fully saturated rings. The summed E-state index contributed by atoms with van der Waals surface area (Å²) in [5.41, 5.74) is 2.01. The number of benzene rings is 2. The first-order chi connectivity index (χ1) is 14.9. The molecule has 166 valence electrons. The summed E-state index contributed by atoms with van der Waals surface area (Å²) in [5, 5.41) is 11.5. The Kier molecular flexibility index (Phi) is 6.30. The van der Waals surface area contributed by atoms with Crippen molar-refractivity contribution in [1.82, 2.24) is 14.9 Å². The second-order valence-corrected chi connectivity index (χ2v) is 9.15. The van der Waals surface area contributed by atoms with Crippen LogP contribution in [0.1, 0.15) is 44.0 Å². The van der Waals surface area contributed by atoms with Gasteiger partial charge in [-0.2, -0.15) is 0 Å². The van der Waals surface area contributed by atoms with E-state index in [0.29, 0.717) is 12.2 Å². The van der Waals surface area contributed by atoms with Crippen LogP contribution in [0.2, 0.25) is 0 Å². The molecule has 0 saturated heterocycles. The van der Waals surface area contributed by atoms with Crippen molar-refractivity contribution in [2.45, 2.75) is 44.6 Å². The Morgan fingerprint density at radius 1 is 1.26 bits per heavy atom. The number of para-hydroxylation sites is 2. The lowest BCUT2D eigenvalue weighted by molar-refractivity contribution is -0.0640. The van der Waals surface area contributed by atoms with E-state index in [-0.39, 0.29) is 24.3 Å². The van der Waals surface area contributed by atoms with Crippen molar-refractivity contribution in [3.8, 4) is 5.75 Å². The Bertz CT molecular complexity index is 1000. The lowest BCUT2D eigenvalue weighted by Gasteiger charge is -2.43. The van der Waals surface area contributed by atoms with Gasteiger partial charge in [0.25, 0.3) is 0 Å². The third-order valence-electron chi connectivity index (χ3n) is 6.35. The second kappa shape index (κ2) is 8.97. The molecule has 0 aliphatic carbocycles. The van der Waals surface area contributed by atoms with E-state index < -0.39 is 5.60 Å². The largest absolute Gasteiger partial charge is 0.490 e. The maximum absolute atomic E-state index is 13.6. The number of aromatic nitrogens is 2. The number of hydrogen-bond donors (Lipinski definition) is 2. The summed E-state index contributed by atoms with van der Waals surface area (Å²) in [6.07, 6.45) is 2.48. The van der Waals surface area contributed by atoms with E-state index in [0.717, 1.165) is 48.4 Å². The molecule has 2 heterocycles. The fourth-order valence-electron chi connectivity index (χ4n) is 4.82. The molecule has 0 radical (unpaired) electrons. The average molecular weight is 426 g/mol. The van der Waals surface area contributed by atoms with E-state index in [9.17, 15) is 9.50 Å². The first-order valence-corrected chi connectivity index (χ1v) is 11.1. The number of aromatic amines is 1. The monoisotopic (exact) mass is 425 g/mol. The van der Waals surface area contributed by atoms with Gasteiger partial charge in [-0.15, -0.1) is 0 Å². The molecule has 2 atom stereocenters. The third kappa shape index (κ3) is 4.75. The van der Waals surface area contributed by atoms with Gasteiger partial charge in [-0.25, -0.2) is 9.37 Å². The standard InChI is InChI=1S/C25H32FN3O2/c1-17(2)24-19-11-10-18(26)15-22(19)31-16-25(24,30)12-14-29(3)13-6-9-23-27-20-7-4-5-8-21(20)28-23/h4-5,7-8,10-11,15,17,24,30H,6,9,12-14,16H2,1-3H3,(H,27,28). The Hall–Kier alpha value is -2.44. The summed E-state index contributed by atoms with van der Waals surface area (Å²) in [6, 6.07) is 12.7. The van der Waals surface area contributed by atoms with Gasteiger partial charge in [-0.05, 0) is 50.6 Å². The van der Waals surface area contributed by atoms with Gasteiger partial charge in [0.05, 0.1) is 11.0 Å². The van der Waals surface area contributed by atoms with Crippen LogP contribution in [-0.2, 0) is 6.42 Å². The van der Waals surface area contributed by atoms with Crippen molar-refractivity contribution in [3.05, 3.63) is 59.7 Å². The molecular formula is C25H32FN3O2. The number of hydrogen-bond acceptors (Lipinski definition) is 4. The zero-order valence-corrected chi connectivity index (χ0v) is 18.6. The predicted molar refractivity (Wildman–Crippen MR) is 121 cm³/mol. The molecule has 0 spiro atoms. The minimum Gasteiger partial charge on any atom is -0.490 e. The maximum Gasteiger partial charge on any atom is 0.126 e. The summed E-state index contributed by atoms with van der Waals surface area (Å²) in [5.74, 6) is 1.40. The smallest absolute Gasteiger partial charge is 0.126 e. The molecule has 1 aliphatic rings. The second-order valence-electron chi connectivity index (χ2n) is 9.15. The number of imidazole rings is 1. The lowest BCUT2D eigenvalue weighted by atomic mass is 9.72. The van der Waals surface area contributed by atoms with Crippen molar-refractivity contribution in [1.29, 1.82) is 0 Å². The predicted octanol–water partition coefficient (Wildman–Crippen LogP) is 4.52. The van der Waals surface area contributed by atoms with Gasteiger partial charge in [0, 0.05) is 30.5 Å². The van der Waals surface area contributed by atoms with E-state index in [2.05, 4.69) is 35.8 Å². The number of ether oxygens (including phenoxy) is 1. The molecule has 1 aromatic heterocycles. The Balaban J connectivity index is 1.33. The van der Waals surface area contributed by atoms with Crippen LogP contribution in [0.3, 0.4) is 0 Å². The molecule has 1 aliphatic heterocycles. The number of aliphatic hydroxyl groups is 1. The molecule has 2 aromatic carbocycles. The van der Waals surface area contributed by atoms with Crippen molar-refractivity contribution >= 4 is 11.0 Å². The maximum atomic E-state index is 13.6. The summed E-state index contributed by atoms with van der Waals surface area (Å²) < 4.78 is 19.4. The highest BCUT2D eigenvalue weighted by molar-refractivity contribution is 5.74. The van der Waals surface area contributed by atoms with E-state index in [1.807, 2.05) is 24.3 Å². The Morgan fingerprint density at radius 3 is 2.84 bits per heavy atom. The first kappa shape index (κ1) is 21.8. The molecular weight excluding hydrogens is 393 g/mol. The van der Waals surface area contributed by atoms with E-state index in [1.165, 1.54) is 12.1 Å². The van der Waals surface area contributed by atoms with Gasteiger partial charge in [0.2, 0.25) is 0 Å². The summed E-state index contributed by atoms with van der Waals surface area (Å²) in [4.78, 5) is 10.3. The SMILES string of the molecule is CC(C)C1c2ccc(F)cc2OCC1(O)CCN(C)CCCc1nc2ccccc2[nH]1. The molecule has 5 nitrogen and oxygen atoms in total. The van der Waals surface area contributed by atoms with Gasteiger partial charge in [0.1, 0.15) is 29.6 Å². The van der Waals surface area contributed by atoms with Gasteiger partial charge >= 0.3 is 0 Å². The lowest BCUT2D eigenvalue weighted by Crippen LogP contribution is -2.49. The van der Waals surface area contributed by atoms with Gasteiger partial charge in [0.15, 0.2) is 0 Å². The van der Waals surface area contributed by atoms with Crippen LogP contribution in [0, 0.1) is 11.7 Å². The van der Waals surface area contributed by atoms with Crippen molar-refractivity contribution in [2.75, 3.05) is 26.7 Å². The topological polar surface area (TPSA) is 61.4 Å². The molecule has 4 rings (SSSR count). The highest BCUT2D eigenvalue weighted by Crippen LogP contribution is 2.45. The van der Waals surface area contributed by atoms with Crippen molar-refractivity contribution in [3.63, 3.8) is 0 Å². The minimum absolute atomic E-state index is 0.0826. The molecule has 2 unspecified atom stereocenters. The minimum atomic E-state index is -0.966. The number of fused-ring (bicyclic) bond motifs is 2. The molecule has 0 saturated carbocycles. The molecule has 2 N–H and O–H groups in total. The zero-order chi connectivity index (χ0) is 22.0. The summed E-state index contributed by atoms with van der Waals surface area (Å²) in [7, 11) is 2.08. The van der Waals surface area contributed by atoms with Gasteiger partial charge < -0.3 is 19.7 Å². The number of H-pyrrole nitrogens is 1. The highest BCUT2D eigenvalue weighted by atomic mass is 19.1. The van der Waals surface area contributed by atoms with Crippen LogP contribution >= 0.6 is 0 Å². The fourth-order valence-corrected chi connectivity index (χ4v) is 4.82. The normalized spacial score (nSPS) is 20.9. The number of aryl methyl sites for hydroxylation is 1. The van der Waals surface area contributed by atoms with Crippen LogP contribution in [0.15, 0.2) is 42.5 Å². The number of nitrogens with one attached hydrogen (secondary N) is 1. The Labute approximate surface area is 183 Å². The van der Waals surface area contributed by atoms with Crippen LogP contribution in [0.5, 0.6) is 5.75 Å². The molecule has 0 amide bonds. The Morgan fingerprint density at radius 2 is 2.06 bits per heavy atom. The molecule has 0 bridgehead atoms. The van der Waals surface area contributed by atoms with Gasteiger partial charge in [-0.3, -0.25) is 0 Å². The molecule has 6 heteroatoms.